The third-order valence-corrected chi connectivity index (χ3v) is 4.51. The van der Waals surface area contributed by atoms with Gasteiger partial charge in [0.2, 0.25) is 0 Å². The minimum absolute atomic E-state index is 0.0518. The van der Waals surface area contributed by atoms with E-state index in [1.807, 2.05) is 0 Å². The third kappa shape index (κ3) is 3.90. The van der Waals surface area contributed by atoms with Crippen molar-refractivity contribution in [2.24, 2.45) is 0 Å². The van der Waals surface area contributed by atoms with Crippen molar-refractivity contribution in [3.8, 4) is 0 Å². The molecule has 0 N–H and O–H groups in total. The largest absolute Gasteiger partial charge is 0.416 e. The molecule has 0 saturated carbocycles. The lowest BCUT2D eigenvalue weighted by Crippen LogP contribution is -2.49. The summed E-state index contributed by atoms with van der Waals surface area (Å²) in [6.45, 7) is 0.662. The molecule has 1 aliphatic rings. The van der Waals surface area contributed by atoms with Crippen LogP contribution in [0.3, 0.4) is 0 Å². The number of piperazine rings is 1. The first-order valence-corrected chi connectivity index (χ1v) is 8.33. The maximum atomic E-state index is 13.8. The van der Waals surface area contributed by atoms with Crippen LogP contribution in [-0.2, 0) is 6.18 Å². The molecule has 0 bridgehead atoms. The molecule has 6 nitrogen and oxygen atoms in total. The lowest BCUT2D eigenvalue weighted by atomic mass is 10.1. The summed E-state index contributed by atoms with van der Waals surface area (Å²) < 4.78 is 52.3. The van der Waals surface area contributed by atoms with E-state index in [1.54, 1.807) is 4.90 Å². The third-order valence-electron chi connectivity index (χ3n) is 4.51. The zero-order valence-electron chi connectivity index (χ0n) is 14.4. The van der Waals surface area contributed by atoms with Gasteiger partial charge in [-0.1, -0.05) is 12.1 Å². The number of alkyl halides is 3. The Kier molecular flexibility index (Phi) is 5.21. The van der Waals surface area contributed by atoms with Gasteiger partial charge in [-0.2, -0.15) is 13.2 Å². The van der Waals surface area contributed by atoms with Gasteiger partial charge in [-0.25, -0.2) is 4.39 Å². The van der Waals surface area contributed by atoms with Gasteiger partial charge in [-0.3, -0.25) is 14.9 Å². The molecule has 28 heavy (non-hydrogen) atoms. The number of carbonyl (C=O) groups excluding carboxylic acids is 1. The number of halogens is 4. The van der Waals surface area contributed by atoms with Gasteiger partial charge in [-0.05, 0) is 24.3 Å². The number of nitro benzene ring substituents is 1. The Morgan fingerprint density at radius 1 is 1.04 bits per heavy atom. The number of nitrogens with zero attached hydrogens (tertiary/aromatic N) is 3. The molecule has 1 fully saturated rings. The molecule has 0 spiro atoms. The Bertz CT molecular complexity index is 909. The van der Waals surface area contributed by atoms with Crippen LogP contribution in [0, 0.1) is 15.9 Å². The van der Waals surface area contributed by atoms with Gasteiger partial charge < -0.3 is 9.80 Å². The lowest BCUT2D eigenvalue weighted by Gasteiger charge is -2.36. The predicted octanol–water partition coefficient (Wildman–Crippen LogP) is 3.72. The fraction of sp³-hybridized carbons (Fsp3) is 0.278. The van der Waals surface area contributed by atoms with Gasteiger partial charge in [0.15, 0.2) is 0 Å². The number of amides is 1. The quantitative estimate of drug-likeness (QED) is 0.450. The van der Waals surface area contributed by atoms with Crippen molar-refractivity contribution in [2.45, 2.75) is 6.18 Å². The van der Waals surface area contributed by atoms with Gasteiger partial charge >= 0.3 is 6.18 Å². The number of anilines is 1. The fourth-order valence-corrected chi connectivity index (χ4v) is 3.07. The summed E-state index contributed by atoms with van der Waals surface area (Å²) in [6.07, 6.45) is -4.69. The second-order valence-electron chi connectivity index (χ2n) is 6.22. The topological polar surface area (TPSA) is 66.7 Å². The Hall–Kier alpha value is -3.17. The smallest absolute Gasteiger partial charge is 0.362 e. The first kappa shape index (κ1) is 19.6. The lowest BCUT2D eigenvalue weighted by molar-refractivity contribution is -0.384. The highest BCUT2D eigenvalue weighted by molar-refractivity contribution is 5.94. The molecule has 0 radical (unpaired) electrons. The number of hydrogen-bond acceptors (Lipinski definition) is 4. The van der Waals surface area contributed by atoms with Crippen LogP contribution in [0.15, 0.2) is 42.5 Å². The van der Waals surface area contributed by atoms with E-state index in [2.05, 4.69) is 0 Å². The van der Waals surface area contributed by atoms with E-state index in [-0.39, 0.29) is 37.4 Å². The molecular formula is C18H15F4N3O3. The van der Waals surface area contributed by atoms with Crippen molar-refractivity contribution < 1.29 is 27.3 Å². The van der Waals surface area contributed by atoms with E-state index in [1.165, 1.54) is 29.2 Å². The second-order valence-corrected chi connectivity index (χ2v) is 6.22. The van der Waals surface area contributed by atoms with E-state index < -0.39 is 34.1 Å². The highest BCUT2D eigenvalue weighted by Gasteiger charge is 2.34. The van der Waals surface area contributed by atoms with Gasteiger partial charge in [-0.15, -0.1) is 0 Å². The Labute approximate surface area is 157 Å². The SMILES string of the molecule is O=C(c1ccccc1F)N1CCN(c2ccc(C(F)(F)F)cc2[N+](=O)[O-])CC1. The maximum absolute atomic E-state index is 13.8. The molecule has 1 saturated heterocycles. The van der Waals surface area contributed by atoms with Crippen molar-refractivity contribution in [3.63, 3.8) is 0 Å². The summed E-state index contributed by atoms with van der Waals surface area (Å²) in [6, 6.07) is 7.91. The summed E-state index contributed by atoms with van der Waals surface area (Å²) in [7, 11) is 0. The van der Waals surface area contributed by atoms with Gasteiger partial charge in [0.25, 0.3) is 11.6 Å². The van der Waals surface area contributed by atoms with Gasteiger partial charge in [0.05, 0.1) is 16.1 Å². The number of carbonyl (C=O) groups is 1. The van der Waals surface area contributed by atoms with E-state index in [0.29, 0.717) is 6.07 Å². The van der Waals surface area contributed by atoms with Crippen molar-refractivity contribution in [1.82, 2.24) is 4.90 Å². The molecule has 148 valence electrons. The molecule has 0 atom stereocenters. The van der Waals surface area contributed by atoms with Crippen molar-refractivity contribution >= 4 is 17.3 Å². The van der Waals surface area contributed by atoms with Crippen LogP contribution in [0.5, 0.6) is 0 Å². The Morgan fingerprint density at radius 3 is 2.25 bits per heavy atom. The summed E-state index contributed by atoms with van der Waals surface area (Å²) in [5, 5.41) is 11.2. The van der Waals surface area contributed by atoms with Crippen LogP contribution in [0.2, 0.25) is 0 Å². The van der Waals surface area contributed by atoms with Crippen molar-refractivity contribution in [1.29, 1.82) is 0 Å². The first-order chi connectivity index (χ1) is 13.2. The summed E-state index contributed by atoms with van der Waals surface area (Å²) >= 11 is 0. The number of benzene rings is 2. The molecule has 3 rings (SSSR count). The standard InChI is InChI=1S/C18H15F4N3O3/c19-14-4-2-1-3-13(14)17(26)24-9-7-23(8-10-24)15-6-5-12(18(20,21)22)11-16(15)25(27)28/h1-6,11H,7-10H2. The minimum atomic E-state index is -4.69. The Morgan fingerprint density at radius 2 is 1.68 bits per heavy atom. The average Bonchev–Trinajstić information content (AvgIpc) is 2.67. The molecule has 1 heterocycles. The van der Waals surface area contributed by atoms with E-state index in [0.717, 1.165) is 12.1 Å². The molecule has 0 unspecified atom stereocenters. The average molecular weight is 397 g/mol. The van der Waals surface area contributed by atoms with Crippen LogP contribution in [0.1, 0.15) is 15.9 Å². The second kappa shape index (κ2) is 7.45. The Balaban J connectivity index is 1.77. The van der Waals surface area contributed by atoms with Crippen LogP contribution >= 0.6 is 0 Å². The predicted molar refractivity (Wildman–Crippen MR) is 92.6 cm³/mol. The normalized spacial score (nSPS) is 14.9. The fourth-order valence-electron chi connectivity index (χ4n) is 3.07. The highest BCUT2D eigenvalue weighted by Crippen LogP contribution is 2.36. The van der Waals surface area contributed by atoms with Crippen molar-refractivity contribution in [3.05, 3.63) is 69.5 Å². The van der Waals surface area contributed by atoms with E-state index >= 15 is 0 Å². The number of rotatable bonds is 3. The molecule has 0 aliphatic carbocycles. The van der Waals surface area contributed by atoms with Crippen LogP contribution < -0.4 is 4.90 Å². The molecule has 0 aromatic heterocycles. The van der Waals surface area contributed by atoms with Crippen LogP contribution in [0.4, 0.5) is 28.9 Å². The molecule has 2 aromatic rings. The van der Waals surface area contributed by atoms with E-state index in [9.17, 15) is 32.5 Å². The van der Waals surface area contributed by atoms with Gasteiger partial charge in [0, 0.05) is 32.2 Å². The summed E-state index contributed by atoms with van der Waals surface area (Å²) in [4.78, 5) is 25.8. The highest BCUT2D eigenvalue weighted by atomic mass is 19.4. The van der Waals surface area contributed by atoms with Crippen molar-refractivity contribution in [2.75, 3.05) is 31.1 Å². The monoisotopic (exact) mass is 397 g/mol. The molecule has 2 aromatic carbocycles. The maximum Gasteiger partial charge on any atom is 0.416 e. The van der Waals surface area contributed by atoms with Gasteiger partial charge in [0.1, 0.15) is 11.5 Å². The molecule has 1 amide bonds. The summed E-state index contributed by atoms with van der Waals surface area (Å²) in [5.41, 5.74) is -1.77. The zero-order chi connectivity index (χ0) is 20.5. The molecule has 1 aliphatic heterocycles. The van der Waals surface area contributed by atoms with Crippen LogP contribution in [-0.4, -0.2) is 41.9 Å². The molecular weight excluding hydrogens is 382 g/mol. The number of hydrogen-bond donors (Lipinski definition) is 0. The number of nitro groups is 1. The van der Waals surface area contributed by atoms with Crippen LogP contribution in [0.25, 0.3) is 0 Å². The minimum Gasteiger partial charge on any atom is -0.362 e. The van der Waals surface area contributed by atoms with E-state index in [4.69, 9.17) is 0 Å². The molecule has 10 heteroatoms. The zero-order valence-corrected chi connectivity index (χ0v) is 14.4. The summed E-state index contributed by atoms with van der Waals surface area (Å²) in [5.74, 6) is -1.15. The first-order valence-electron chi connectivity index (χ1n) is 8.33.